The Hall–Kier alpha value is -0.870. The van der Waals surface area contributed by atoms with E-state index >= 15 is 0 Å². The van der Waals surface area contributed by atoms with Crippen molar-refractivity contribution in [3.63, 3.8) is 0 Å². The van der Waals surface area contributed by atoms with Crippen molar-refractivity contribution in [3.05, 3.63) is 21.9 Å². The number of hydrogen-bond donors (Lipinski definition) is 1. The molecule has 1 aliphatic rings. The first-order chi connectivity index (χ1) is 7.72. The summed E-state index contributed by atoms with van der Waals surface area (Å²) in [7, 11) is 1.97. The van der Waals surface area contributed by atoms with E-state index in [-0.39, 0.29) is 5.91 Å². The predicted molar refractivity (Wildman–Crippen MR) is 67.0 cm³/mol. The van der Waals surface area contributed by atoms with Crippen LogP contribution in [-0.4, -0.2) is 37.0 Å². The molecule has 0 saturated carbocycles. The summed E-state index contributed by atoms with van der Waals surface area (Å²) in [5.74, 6) is 0.201. The van der Waals surface area contributed by atoms with Crippen LogP contribution in [0.25, 0.3) is 0 Å². The van der Waals surface area contributed by atoms with Crippen LogP contribution in [-0.2, 0) is 0 Å². The summed E-state index contributed by atoms with van der Waals surface area (Å²) in [6, 6.07) is 2.47. The van der Waals surface area contributed by atoms with Gasteiger partial charge >= 0.3 is 0 Å². The van der Waals surface area contributed by atoms with E-state index in [2.05, 4.69) is 5.32 Å². The van der Waals surface area contributed by atoms with Crippen LogP contribution in [0, 0.1) is 6.92 Å². The Kier molecular flexibility index (Phi) is 3.61. The predicted octanol–water partition coefficient (Wildman–Crippen LogP) is 1.88. The van der Waals surface area contributed by atoms with Crippen molar-refractivity contribution in [2.45, 2.75) is 25.8 Å². The van der Waals surface area contributed by atoms with E-state index in [0.29, 0.717) is 6.04 Å². The minimum atomic E-state index is 0.201. The summed E-state index contributed by atoms with van der Waals surface area (Å²) in [6.07, 6.45) is 2.27. The molecule has 16 heavy (non-hydrogen) atoms. The third kappa shape index (κ3) is 2.28. The van der Waals surface area contributed by atoms with Crippen LogP contribution in [0.4, 0.5) is 0 Å². The number of carbonyl (C=O) groups excluding carboxylic acids is 1. The monoisotopic (exact) mass is 238 g/mol. The molecule has 0 aromatic carbocycles. The van der Waals surface area contributed by atoms with E-state index in [0.717, 1.165) is 30.0 Å². The van der Waals surface area contributed by atoms with Crippen molar-refractivity contribution < 1.29 is 4.79 Å². The number of aryl methyl sites for hydroxylation is 1. The molecule has 2 heterocycles. The number of thiophene rings is 1. The summed E-state index contributed by atoms with van der Waals surface area (Å²) in [4.78, 5) is 15.1. The van der Waals surface area contributed by atoms with Gasteiger partial charge in [0, 0.05) is 19.1 Å². The zero-order valence-corrected chi connectivity index (χ0v) is 10.6. The lowest BCUT2D eigenvalue weighted by molar-refractivity contribution is 0.0702. The molecule has 2 rings (SSSR count). The molecule has 3 nitrogen and oxygen atoms in total. The molecule has 88 valence electrons. The molecule has 1 aliphatic heterocycles. The minimum Gasteiger partial charge on any atom is -0.336 e. The lowest BCUT2D eigenvalue weighted by Crippen LogP contribution is -2.46. The maximum absolute atomic E-state index is 12.3. The number of likely N-dealkylation sites (tertiary alicyclic amines) is 1. The number of rotatable bonds is 2. The van der Waals surface area contributed by atoms with Crippen LogP contribution in [0.15, 0.2) is 11.4 Å². The normalized spacial score (nSPS) is 21.1. The molecule has 0 spiro atoms. The standard InChI is InChI=1S/C12H18N2OS/c1-9-5-7-16-11(9)12(15)14-6-3-4-10(8-14)13-2/h5,7,10,13H,3-4,6,8H2,1-2H3/t10-/m1/s1. The fraction of sp³-hybridized carbons (Fsp3) is 0.583. The van der Waals surface area contributed by atoms with Gasteiger partial charge < -0.3 is 10.2 Å². The highest BCUT2D eigenvalue weighted by molar-refractivity contribution is 7.12. The Balaban J connectivity index is 2.07. The van der Waals surface area contributed by atoms with Crippen LogP contribution in [0.1, 0.15) is 28.1 Å². The van der Waals surface area contributed by atoms with Crippen molar-refractivity contribution in [3.8, 4) is 0 Å². The Morgan fingerprint density at radius 2 is 2.44 bits per heavy atom. The van der Waals surface area contributed by atoms with Crippen LogP contribution >= 0.6 is 11.3 Å². The van der Waals surface area contributed by atoms with Gasteiger partial charge in [0.2, 0.25) is 0 Å². The Bertz CT molecular complexity index is 375. The smallest absolute Gasteiger partial charge is 0.264 e. The largest absolute Gasteiger partial charge is 0.336 e. The summed E-state index contributed by atoms with van der Waals surface area (Å²) < 4.78 is 0. The van der Waals surface area contributed by atoms with Crippen molar-refractivity contribution in [2.24, 2.45) is 0 Å². The molecule has 1 saturated heterocycles. The molecule has 1 atom stereocenters. The molecular weight excluding hydrogens is 220 g/mol. The average molecular weight is 238 g/mol. The maximum Gasteiger partial charge on any atom is 0.264 e. The number of nitrogens with zero attached hydrogens (tertiary/aromatic N) is 1. The third-order valence-electron chi connectivity index (χ3n) is 3.17. The number of likely N-dealkylation sites (N-methyl/N-ethyl adjacent to an activating group) is 1. The fourth-order valence-corrected chi connectivity index (χ4v) is 3.02. The van der Waals surface area contributed by atoms with Crippen LogP contribution in [0.2, 0.25) is 0 Å². The fourth-order valence-electron chi connectivity index (χ4n) is 2.13. The van der Waals surface area contributed by atoms with Gasteiger partial charge in [-0.15, -0.1) is 11.3 Å². The van der Waals surface area contributed by atoms with E-state index in [1.54, 1.807) is 11.3 Å². The van der Waals surface area contributed by atoms with E-state index in [1.165, 1.54) is 6.42 Å². The minimum absolute atomic E-state index is 0.201. The van der Waals surface area contributed by atoms with Crippen LogP contribution in [0.3, 0.4) is 0 Å². The molecule has 4 heteroatoms. The number of hydrogen-bond acceptors (Lipinski definition) is 3. The molecule has 0 bridgehead atoms. The van der Waals surface area contributed by atoms with Crippen molar-refractivity contribution in [1.82, 2.24) is 10.2 Å². The van der Waals surface area contributed by atoms with Gasteiger partial charge in [0.25, 0.3) is 5.91 Å². The van der Waals surface area contributed by atoms with Crippen LogP contribution < -0.4 is 5.32 Å². The van der Waals surface area contributed by atoms with Gasteiger partial charge in [-0.05, 0) is 43.8 Å². The quantitative estimate of drug-likeness (QED) is 0.853. The van der Waals surface area contributed by atoms with Crippen molar-refractivity contribution >= 4 is 17.2 Å². The number of piperidine rings is 1. The SMILES string of the molecule is CN[C@@H]1CCCN(C(=O)c2sccc2C)C1. The molecule has 1 fully saturated rings. The van der Waals surface area contributed by atoms with Crippen molar-refractivity contribution in [1.29, 1.82) is 0 Å². The van der Waals surface area contributed by atoms with E-state index in [9.17, 15) is 4.79 Å². The second kappa shape index (κ2) is 4.97. The summed E-state index contributed by atoms with van der Waals surface area (Å²) in [5.41, 5.74) is 1.10. The second-order valence-electron chi connectivity index (χ2n) is 4.31. The van der Waals surface area contributed by atoms with Gasteiger partial charge in [0.05, 0.1) is 4.88 Å². The average Bonchev–Trinajstić information content (AvgIpc) is 2.74. The molecule has 1 N–H and O–H groups in total. The molecule has 0 aliphatic carbocycles. The van der Waals surface area contributed by atoms with Gasteiger partial charge in [0.1, 0.15) is 0 Å². The Morgan fingerprint density at radius 1 is 1.62 bits per heavy atom. The summed E-state index contributed by atoms with van der Waals surface area (Å²) >= 11 is 1.55. The highest BCUT2D eigenvalue weighted by Gasteiger charge is 2.24. The molecule has 1 aromatic heterocycles. The Labute approximate surface area is 100 Å². The van der Waals surface area contributed by atoms with Gasteiger partial charge in [-0.25, -0.2) is 0 Å². The van der Waals surface area contributed by atoms with E-state index < -0.39 is 0 Å². The first-order valence-electron chi connectivity index (χ1n) is 5.73. The summed E-state index contributed by atoms with van der Waals surface area (Å²) in [5, 5.41) is 5.25. The molecule has 0 unspecified atom stereocenters. The lowest BCUT2D eigenvalue weighted by Gasteiger charge is -2.32. The number of carbonyl (C=O) groups is 1. The second-order valence-corrected chi connectivity index (χ2v) is 5.23. The number of amides is 1. The van der Waals surface area contributed by atoms with E-state index in [4.69, 9.17) is 0 Å². The highest BCUT2D eigenvalue weighted by atomic mass is 32.1. The zero-order valence-electron chi connectivity index (χ0n) is 9.82. The Morgan fingerprint density at radius 3 is 3.06 bits per heavy atom. The third-order valence-corrected chi connectivity index (χ3v) is 4.18. The van der Waals surface area contributed by atoms with Gasteiger partial charge in [-0.3, -0.25) is 4.79 Å². The zero-order chi connectivity index (χ0) is 11.5. The maximum atomic E-state index is 12.3. The first kappa shape index (κ1) is 11.6. The van der Waals surface area contributed by atoms with Gasteiger partial charge in [0.15, 0.2) is 0 Å². The number of nitrogens with one attached hydrogen (secondary N) is 1. The van der Waals surface area contributed by atoms with Gasteiger partial charge in [-0.1, -0.05) is 0 Å². The molecule has 1 aromatic rings. The molecule has 1 amide bonds. The van der Waals surface area contributed by atoms with Gasteiger partial charge in [-0.2, -0.15) is 0 Å². The summed E-state index contributed by atoms with van der Waals surface area (Å²) in [6.45, 7) is 3.74. The topological polar surface area (TPSA) is 32.3 Å². The highest BCUT2D eigenvalue weighted by Crippen LogP contribution is 2.20. The molecule has 0 radical (unpaired) electrons. The van der Waals surface area contributed by atoms with Crippen LogP contribution in [0.5, 0.6) is 0 Å². The van der Waals surface area contributed by atoms with Crippen molar-refractivity contribution in [2.75, 3.05) is 20.1 Å². The first-order valence-corrected chi connectivity index (χ1v) is 6.61. The lowest BCUT2D eigenvalue weighted by atomic mass is 10.1. The molecular formula is C12H18N2OS. The van der Waals surface area contributed by atoms with E-state index in [1.807, 2.05) is 30.3 Å².